The number of carbonyl (C=O) groups is 1. The van der Waals surface area contributed by atoms with Gasteiger partial charge >= 0.3 is 0 Å². The highest BCUT2D eigenvalue weighted by molar-refractivity contribution is 5.85. The summed E-state index contributed by atoms with van der Waals surface area (Å²) in [5, 5.41) is 3.11. The van der Waals surface area contributed by atoms with Crippen molar-refractivity contribution in [1.82, 2.24) is 5.32 Å². The van der Waals surface area contributed by atoms with Gasteiger partial charge in [-0.25, -0.2) is 0 Å². The molecule has 3 N–H and O–H groups in total. The molecule has 0 aliphatic heterocycles. The third-order valence-corrected chi connectivity index (χ3v) is 4.54. The number of nitrogens with one attached hydrogen (secondary N) is 1. The smallest absolute Gasteiger partial charge is 0.249 e. The standard InChI is InChI=1S/C18H28N2O3.ClH/c1-13(23-12-14-6-5-8-16(10-14)22-2)18(21)20-17-9-4-3-7-15(17)11-19;/h5-6,8,10,13,15,17H,3-4,7,9,11-12,19H2,1-2H3,(H,20,21);1H. The number of benzene rings is 1. The molecule has 3 atom stereocenters. The number of carbonyl (C=O) groups excluding carboxylic acids is 1. The lowest BCUT2D eigenvalue weighted by molar-refractivity contribution is -0.133. The van der Waals surface area contributed by atoms with E-state index >= 15 is 0 Å². The molecule has 1 aromatic rings. The number of nitrogens with two attached hydrogens (primary N) is 1. The number of halogens is 1. The molecule has 0 bridgehead atoms. The maximum absolute atomic E-state index is 12.3. The van der Waals surface area contributed by atoms with Crippen molar-refractivity contribution in [2.45, 2.75) is 51.4 Å². The number of hydrogen-bond donors (Lipinski definition) is 2. The molecule has 0 radical (unpaired) electrons. The average molecular weight is 357 g/mol. The summed E-state index contributed by atoms with van der Waals surface area (Å²) >= 11 is 0. The van der Waals surface area contributed by atoms with Crippen molar-refractivity contribution in [2.75, 3.05) is 13.7 Å². The Bertz CT molecular complexity index is 513. The summed E-state index contributed by atoms with van der Waals surface area (Å²) in [6.45, 7) is 2.80. The number of rotatable bonds is 7. The van der Waals surface area contributed by atoms with Gasteiger partial charge in [-0.3, -0.25) is 4.79 Å². The van der Waals surface area contributed by atoms with E-state index in [9.17, 15) is 4.79 Å². The summed E-state index contributed by atoms with van der Waals surface area (Å²) in [7, 11) is 1.63. The molecule has 0 spiro atoms. The van der Waals surface area contributed by atoms with Gasteiger partial charge in [0, 0.05) is 6.04 Å². The molecule has 1 saturated carbocycles. The normalized spacial score (nSPS) is 21.5. The van der Waals surface area contributed by atoms with Crippen molar-refractivity contribution in [2.24, 2.45) is 11.7 Å². The Morgan fingerprint density at radius 1 is 1.38 bits per heavy atom. The zero-order valence-electron chi connectivity index (χ0n) is 14.5. The molecule has 1 amide bonds. The lowest BCUT2D eigenvalue weighted by Gasteiger charge is -2.32. The SMILES string of the molecule is COc1cccc(COC(C)C(=O)NC2CCCCC2CN)c1.Cl. The fraction of sp³-hybridized carbons (Fsp3) is 0.611. The van der Waals surface area contributed by atoms with Crippen LogP contribution < -0.4 is 15.8 Å². The molecule has 6 heteroatoms. The fourth-order valence-electron chi connectivity index (χ4n) is 3.04. The Morgan fingerprint density at radius 3 is 2.83 bits per heavy atom. The molecule has 3 unspecified atom stereocenters. The summed E-state index contributed by atoms with van der Waals surface area (Å²) in [4.78, 5) is 12.3. The second-order valence-corrected chi connectivity index (χ2v) is 6.20. The highest BCUT2D eigenvalue weighted by atomic mass is 35.5. The van der Waals surface area contributed by atoms with Gasteiger partial charge in [0.2, 0.25) is 5.91 Å². The van der Waals surface area contributed by atoms with E-state index in [0.717, 1.165) is 30.6 Å². The highest BCUT2D eigenvalue weighted by Crippen LogP contribution is 2.23. The first-order valence-corrected chi connectivity index (χ1v) is 8.39. The summed E-state index contributed by atoms with van der Waals surface area (Å²) in [6, 6.07) is 7.85. The summed E-state index contributed by atoms with van der Waals surface area (Å²) < 4.78 is 10.9. The Morgan fingerprint density at radius 2 is 2.12 bits per heavy atom. The number of hydrogen-bond acceptors (Lipinski definition) is 4. The molecule has 2 rings (SSSR count). The van der Waals surface area contributed by atoms with Gasteiger partial charge in [0.15, 0.2) is 0 Å². The van der Waals surface area contributed by atoms with Crippen molar-refractivity contribution in [3.05, 3.63) is 29.8 Å². The van der Waals surface area contributed by atoms with Crippen LogP contribution in [-0.2, 0) is 16.1 Å². The van der Waals surface area contributed by atoms with Crippen molar-refractivity contribution >= 4 is 18.3 Å². The molecular weight excluding hydrogens is 328 g/mol. The van der Waals surface area contributed by atoms with Crippen LogP contribution in [0.1, 0.15) is 38.2 Å². The van der Waals surface area contributed by atoms with Crippen LogP contribution >= 0.6 is 12.4 Å². The quantitative estimate of drug-likeness (QED) is 0.787. The molecule has 1 aliphatic rings. The predicted molar refractivity (Wildman–Crippen MR) is 97.4 cm³/mol. The second kappa shape index (κ2) is 10.5. The Hall–Kier alpha value is -1.30. The van der Waals surface area contributed by atoms with E-state index in [2.05, 4.69) is 5.32 Å². The van der Waals surface area contributed by atoms with Gasteiger partial charge in [-0.1, -0.05) is 25.0 Å². The predicted octanol–water partition coefficient (Wildman–Crippen LogP) is 2.66. The van der Waals surface area contributed by atoms with Crippen LogP contribution in [0.5, 0.6) is 5.75 Å². The van der Waals surface area contributed by atoms with Crippen LogP contribution in [0.25, 0.3) is 0 Å². The maximum Gasteiger partial charge on any atom is 0.249 e. The van der Waals surface area contributed by atoms with E-state index in [1.54, 1.807) is 14.0 Å². The first-order valence-electron chi connectivity index (χ1n) is 8.39. The fourth-order valence-corrected chi connectivity index (χ4v) is 3.04. The minimum atomic E-state index is -0.485. The van der Waals surface area contributed by atoms with Gasteiger partial charge in [-0.15, -0.1) is 12.4 Å². The van der Waals surface area contributed by atoms with Crippen LogP contribution in [-0.4, -0.2) is 31.7 Å². The molecule has 0 saturated heterocycles. The monoisotopic (exact) mass is 356 g/mol. The second-order valence-electron chi connectivity index (χ2n) is 6.20. The molecule has 1 aliphatic carbocycles. The van der Waals surface area contributed by atoms with Crippen LogP contribution in [0.3, 0.4) is 0 Å². The molecule has 1 fully saturated rings. The van der Waals surface area contributed by atoms with Crippen LogP contribution in [0, 0.1) is 5.92 Å². The topological polar surface area (TPSA) is 73.6 Å². The largest absolute Gasteiger partial charge is 0.497 e. The molecule has 5 nitrogen and oxygen atoms in total. The number of amides is 1. The van der Waals surface area contributed by atoms with Crippen LogP contribution in [0.4, 0.5) is 0 Å². The zero-order valence-corrected chi connectivity index (χ0v) is 15.3. The summed E-state index contributed by atoms with van der Waals surface area (Å²) in [5.41, 5.74) is 6.80. The van der Waals surface area contributed by atoms with Gasteiger partial charge in [-0.2, -0.15) is 0 Å². The lowest BCUT2D eigenvalue weighted by atomic mass is 9.84. The Labute approximate surface area is 150 Å². The maximum atomic E-state index is 12.3. The van der Waals surface area contributed by atoms with Crippen molar-refractivity contribution in [1.29, 1.82) is 0 Å². The van der Waals surface area contributed by atoms with Crippen LogP contribution in [0.2, 0.25) is 0 Å². The van der Waals surface area contributed by atoms with Crippen molar-refractivity contribution in [3.63, 3.8) is 0 Å². The minimum Gasteiger partial charge on any atom is -0.497 e. The molecule has 24 heavy (non-hydrogen) atoms. The van der Waals surface area contributed by atoms with Crippen molar-refractivity contribution < 1.29 is 14.3 Å². The van der Waals surface area contributed by atoms with Crippen molar-refractivity contribution in [3.8, 4) is 5.75 Å². The molecule has 1 aromatic carbocycles. The minimum absolute atomic E-state index is 0. The Kier molecular flexibility index (Phi) is 9.11. The van der Waals surface area contributed by atoms with E-state index in [0.29, 0.717) is 19.1 Å². The van der Waals surface area contributed by atoms with E-state index in [1.165, 1.54) is 6.42 Å². The van der Waals surface area contributed by atoms with E-state index in [1.807, 2.05) is 24.3 Å². The van der Waals surface area contributed by atoms with E-state index in [4.69, 9.17) is 15.2 Å². The Balaban J connectivity index is 0.00000288. The van der Waals surface area contributed by atoms with E-state index < -0.39 is 6.10 Å². The summed E-state index contributed by atoms with van der Waals surface area (Å²) in [5.74, 6) is 1.12. The first kappa shape index (κ1) is 20.7. The van der Waals surface area contributed by atoms with Crippen LogP contribution in [0.15, 0.2) is 24.3 Å². The van der Waals surface area contributed by atoms with Gasteiger partial charge < -0.3 is 20.5 Å². The van der Waals surface area contributed by atoms with E-state index in [-0.39, 0.29) is 24.4 Å². The third-order valence-electron chi connectivity index (χ3n) is 4.54. The molecule has 136 valence electrons. The highest BCUT2D eigenvalue weighted by Gasteiger charge is 2.27. The first-order chi connectivity index (χ1) is 11.1. The summed E-state index contributed by atoms with van der Waals surface area (Å²) in [6.07, 6.45) is 3.98. The lowest BCUT2D eigenvalue weighted by Crippen LogP contribution is -2.48. The van der Waals surface area contributed by atoms with Gasteiger partial charge in [-0.05, 0) is 49.9 Å². The molecule has 0 heterocycles. The van der Waals surface area contributed by atoms with Gasteiger partial charge in [0.25, 0.3) is 0 Å². The number of methoxy groups -OCH3 is 1. The van der Waals surface area contributed by atoms with Gasteiger partial charge in [0.1, 0.15) is 11.9 Å². The average Bonchev–Trinajstić information content (AvgIpc) is 2.60. The molecular formula is C18H29ClN2O3. The van der Waals surface area contributed by atoms with Gasteiger partial charge in [0.05, 0.1) is 13.7 Å². The third kappa shape index (κ3) is 5.96. The number of ether oxygens (including phenoxy) is 2. The zero-order chi connectivity index (χ0) is 16.7. The molecule has 0 aromatic heterocycles.